The summed E-state index contributed by atoms with van der Waals surface area (Å²) in [7, 11) is 0. The number of benzene rings is 1. The third-order valence-corrected chi connectivity index (χ3v) is 7.45. The molecule has 4 fully saturated rings. The van der Waals surface area contributed by atoms with Gasteiger partial charge in [-0.05, 0) is 69.8 Å². The van der Waals surface area contributed by atoms with Crippen LogP contribution in [0.25, 0.3) is 0 Å². The van der Waals surface area contributed by atoms with Crippen molar-refractivity contribution in [2.45, 2.75) is 69.3 Å². The molecule has 4 aliphatic rings. The lowest BCUT2D eigenvalue weighted by Crippen LogP contribution is -2.59. The molecule has 0 aromatic heterocycles. The Morgan fingerprint density at radius 2 is 1.79 bits per heavy atom. The summed E-state index contributed by atoms with van der Waals surface area (Å²) < 4.78 is 0.238. The minimum Gasteiger partial charge on any atom is -0.335 e. The molecule has 2 unspecified atom stereocenters. The molecule has 130 valence electrons. The average Bonchev–Trinajstić information content (AvgIpc) is 2.50. The molecule has 4 aliphatic carbocycles. The third-order valence-electron chi connectivity index (χ3n) is 6.52. The van der Waals surface area contributed by atoms with Crippen molar-refractivity contribution in [1.82, 2.24) is 4.90 Å². The van der Waals surface area contributed by atoms with Crippen LogP contribution in [0.2, 0.25) is 0 Å². The van der Waals surface area contributed by atoms with E-state index in [1.807, 2.05) is 6.07 Å². The molecule has 0 spiro atoms. The van der Waals surface area contributed by atoms with Crippen LogP contribution < -0.4 is 0 Å². The van der Waals surface area contributed by atoms with Crippen LogP contribution in [0, 0.1) is 17.3 Å². The van der Waals surface area contributed by atoms with E-state index in [4.69, 9.17) is 0 Å². The summed E-state index contributed by atoms with van der Waals surface area (Å²) >= 11 is 4.04. The van der Waals surface area contributed by atoms with Crippen molar-refractivity contribution in [2.24, 2.45) is 17.3 Å². The second kappa shape index (κ2) is 5.86. The SMILES string of the molecule is CC(C)N(Cc1ccccc1)C(=O)C12CC3CC(CC(Br)(C3)C1)C2. The number of nitrogens with zero attached hydrogens (tertiary/aromatic N) is 1. The van der Waals surface area contributed by atoms with E-state index >= 15 is 0 Å². The summed E-state index contributed by atoms with van der Waals surface area (Å²) in [4.78, 5) is 15.8. The van der Waals surface area contributed by atoms with E-state index in [1.54, 1.807) is 0 Å². The van der Waals surface area contributed by atoms with Crippen molar-refractivity contribution in [3.63, 3.8) is 0 Å². The second-order valence-corrected chi connectivity index (χ2v) is 10.6. The molecule has 2 atom stereocenters. The predicted molar refractivity (Wildman–Crippen MR) is 101 cm³/mol. The van der Waals surface area contributed by atoms with E-state index < -0.39 is 0 Å². The van der Waals surface area contributed by atoms with Gasteiger partial charge in [-0.15, -0.1) is 0 Å². The van der Waals surface area contributed by atoms with E-state index in [0.717, 1.165) is 37.6 Å². The van der Waals surface area contributed by atoms with Gasteiger partial charge in [0.15, 0.2) is 0 Å². The zero-order chi connectivity index (χ0) is 16.9. The number of rotatable bonds is 4. The Hall–Kier alpha value is -0.830. The highest BCUT2D eigenvalue weighted by atomic mass is 79.9. The molecule has 5 rings (SSSR count). The molecule has 0 N–H and O–H groups in total. The smallest absolute Gasteiger partial charge is 0.229 e. The van der Waals surface area contributed by atoms with E-state index in [9.17, 15) is 4.79 Å². The van der Waals surface area contributed by atoms with Crippen LogP contribution in [0.3, 0.4) is 0 Å². The molecular formula is C21H28BrNO. The lowest BCUT2D eigenvalue weighted by Gasteiger charge is -2.60. The maximum atomic E-state index is 13.7. The number of carbonyl (C=O) groups is 1. The van der Waals surface area contributed by atoms with Gasteiger partial charge in [0.1, 0.15) is 0 Å². The van der Waals surface area contributed by atoms with Crippen molar-refractivity contribution in [3.05, 3.63) is 35.9 Å². The molecular weight excluding hydrogens is 362 g/mol. The van der Waals surface area contributed by atoms with Crippen LogP contribution in [-0.4, -0.2) is 21.2 Å². The number of amides is 1. The van der Waals surface area contributed by atoms with Gasteiger partial charge in [-0.2, -0.15) is 0 Å². The van der Waals surface area contributed by atoms with Gasteiger partial charge in [0.2, 0.25) is 5.91 Å². The largest absolute Gasteiger partial charge is 0.335 e. The molecule has 1 aromatic rings. The third kappa shape index (κ3) is 2.83. The second-order valence-electron chi connectivity index (χ2n) is 8.90. The minimum absolute atomic E-state index is 0.105. The number of alkyl halides is 1. The summed E-state index contributed by atoms with van der Waals surface area (Å²) in [6.07, 6.45) is 7.19. The van der Waals surface area contributed by atoms with Crippen molar-refractivity contribution in [2.75, 3.05) is 0 Å². The molecule has 1 amide bonds. The first kappa shape index (κ1) is 16.6. The highest BCUT2D eigenvalue weighted by molar-refractivity contribution is 9.10. The van der Waals surface area contributed by atoms with Crippen LogP contribution in [0.4, 0.5) is 0 Å². The van der Waals surface area contributed by atoms with Gasteiger partial charge >= 0.3 is 0 Å². The predicted octanol–water partition coefficient (Wildman–Crippen LogP) is 5.16. The Balaban J connectivity index is 1.61. The summed E-state index contributed by atoms with van der Waals surface area (Å²) in [5.74, 6) is 1.92. The fourth-order valence-electron chi connectivity index (χ4n) is 5.97. The van der Waals surface area contributed by atoms with Gasteiger partial charge in [-0.1, -0.05) is 46.3 Å². The van der Waals surface area contributed by atoms with Crippen LogP contribution >= 0.6 is 15.9 Å². The molecule has 0 saturated heterocycles. The van der Waals surface area contributed by atoms with Gasteiger partial charge < -0.3 is 4.90 Å². The number of halogens is 1. The number of hydrogen-bond donors (Lipinski definition) is 0. The molecule has 0 aliphatic heterocycles. The molecule has 3 heteroatoms. The van der Waals surface area contributed by atoms with Gasteiger partial charge in [-0.25, -0.2) is 0 Å². The van der Waals surface area contributed by atoms with E-state index in [2.05, 4.69) is 58.9 Å². The fourth-order valence-corrected chi connectivity index (χ4v) is 7.43. The quantitative estimate of drug-likeness (QED) is 0.651. The topological polar surface area (TPSA) is 20.3 Å². The first-order valence-electron chi connectivity index (χ1n) is 9.43. The fraction of sp³-hybridized carbons (Fsp3) is 0.667. The Morgan fingerprint density at radius 3 is 2.33 bits per heavy atom. The summed E-state index contributed by atoms with van der Waals surface area (Å²) in [5.41, 5.74) is 1.13. The van der Waals surface area contributed by atoms with Crippen molar-refractivity contribution in [1.29, 1.82) is 0 Å². The van der Waals surface area contributed by atoms with Crippen molar-refractivity contribution >= 4 is 21.8 Å². The summed E-state index contributed by atoms with van der Waals surface area (Å²) in [6.45, 7) is 5.06. The molecule has 24 heavy (non-hydrogen) atoms. The zero-order valence-corrected chi connectivity index (χ0v) is 16.4. The Bertz CT molecular complexity index is 612. The molecule has 4 bridgehead atoms. The van der Waals surface area contributed by atoms with Crippen molar-refractivity contribution < 1.29 is 4.79 Å². The van der Waals surface area contributed by atoms with Gasteiger partial charge in [-0.3, -0.25) is 4.79 Å². The summed E-state index contributed by atoms with van der Waals surface area (Å²) in [6, 6.07) is 10.7. The standard InChI is InChI=1S/C21H28BrNO/c1-15(2)23(13-16-6-4-3-5-7-16)19(24)20-9-17-8-18(10-20)12-21(22,11-17)14-20/h3-7,15,17-18H,8-14H2,1-2H3. The van der Waals surface area contributed by atoms with E-state index in [1.165, 1.54) is 24.8 Å². The Morgan fingerprint density at radius 1 is 1.17 bits per heavy atom. The van der Waals surface area contributed by atoms with Gasteiger partial charge in [0, 0.05) is 16.9 Å². The first-order valence-corrected chi connectivity index (χ1v) is 10.2. The van der Waals surface area contributed by atoms with Gasteiger partial charge in [0.25, 0.3) is 0 Å². The molecule has 0 heterocycles. The Labute approximate surface area is 154 Å². The van der Waals surface area contributed by atoms with Crippen LogP contribution in [0.15, 0.2) is 30.3 Å². The van der Waals surface area contributed by atoms with E-state index in [-0.39, 0.29) is 15.8 Å². The number of hydrogen-bond acceptors (Lipinski definition) is 1. The van der Waals surface area contributed by atoms with E-state index in [0.29, 0.717) is 5.91 Å². The van der Waals surface area contributed by atoms with Gasteiger partial charge in [0.05, 0.1) is 5.41 Å². The average molecular weight is 390 g/mol. The maximum Gasteiger partial charge on any atom is 0.229 e. The molecule has 4 saturated carbocycles. The monoisotopic (exact) mass is 389 g/mol. The Kier molecular flexibility index (Phi) is 4.06. The zero-order valence-electron chi connectivity index (χ0n) is 14.8. The van der Waals surface area contributed by atoms with Crippen molar-refractivity contribution in [3.8, 4) is 0 Å². The van der Waals surface area contributed by atoms with Crippen LogP contribution in [-0.2, 0) is 11.3 Å². The molecule has 1 aromatic carbocycles. The summed E-state index contributed by atoms with van der Waals surface area (Å²) in [5, 5.41) is 0. The lowest BCUT2D eigenvalue weighted by molar-refractivity contribution is -0.158. The first-order chi connectivity index (χ1) is 11.4. The molecule has 0 radical (unpaired) electrons. The maximum absolute atomic E-state index is 13.7. The molecule has 2 nitrogen and oxygen atoms in total. The van der Waals surface area contributed by atoms with Crippen LogP contribution in [0.5, 0.6) is 0 Å². The highest BCUT2D eigenvalue weighted by Crippen LogP contribution is 2.64. The van der Waals surface area contributed by atoms with Crippen LogP contribution in [0.1, 0.15) is 57.9 Å². The lowest BCUT2D eigenvalue weighted by atomic mass is 9.49. The normalized spacial score (nSPS) is 37.0. The number of carbonyl (C=O) groups excluding carboxylic acids is 1. The highest BCUT2D eigenvalue weighted by Gasteiger charge is 2.60. The minimum atomic E-state index is -0.105.